The summed E-state index contributed by atoms with van der Waals surface area (Å²) in [7, 11) is 2.98. The van der Waals surface area contributed by atoms with Gasteiger partial charge in [0, 0.05) is 39.9 Å². The van der Waals surface area contributed by atoms with Gasteiger partial charge in [0.15, 0.2) is 11.6 Å². The van der Waals surface area contributed by atoms with E-state index in [4.69, 9.17) is 9.47 Å². The second-order valence-corrected chi connectivity index (χ2v) is 11.8. The van der Waals surface area contributed by atoms with Crippen LogP contribution in [0.1, 0.15) is 58.5 Å². The first kappa shape index (κ1) is 27.6. The Morgan fingerprint density at radius 2 is 0.881 bits per heavy atom. The maximum absolute atomic E-state index is 13.0. The Labute approximate surface area is 240 Å². The third-order valence-corrected chi connectivity index (χ3v) is 8.86. The third kappa shape index (κ3) is 3.79. The van der Waals surface area contributed by atoms with Gasteiger partial charge in [-0.25, -0.2) is 0 Å². The van der Waals surface area contributed by atoms with E-state index in [0.29, 0.717) is 24.0 Å². The van der Waals surface area contributed by atoms with Gasteiger partial charge < -0.3 is 40.1 Å². The van der Waals surface area contributed by atoms with E-state index in [2.05, 4.69) is 0 Å². The van der Waals surface area contributed by atoms with Crippen molar-refractivity contribution in [1.82, 2.24) is 0 Å². The molecule has 0 saturated heterocycles. The smallest absolute Gasteiger partial charge is 0.169 e. The van der Waals surface area contributed by atoms with E-state index in [9.17, 15) is 40.2 Å². The summed E-state index contributed by atoms with van der Waals surface area (Å²) in [6.45, 7) is 3.55. The normalized spacial score (nSPS) is 22.0. The number of phenols is 6. The Morgan fingerprint density at radius 3 is 1.21 bits per heavy atom. The molecule has 4 aromatic rings. The summed E-state index contributed by atoms with van der Waals surface area (Å²) in [5, 5.41) is 67.4. The molecule has 218 valence electrons. The summed E-state index contributed by atoms with van der Waals surface area (Å²) in [4.78, 5) is 26.1. The van der Waals surface area contributed by atoms with E-state index in [1.807, 2.05) is 0 Å². The summed E-state index contributed by atoms with van der Waals surface area (Å²) >= 11 is 0. The van der Waals surface area contributed by atoms with Crippen molar-refractivity contribution in [3.8, 4) is 45.6 Å². The molecule has 0 bridgehead atoms. The molecular formula is C32H30O10. The van der Waals surface area contributed by atoms with Gasteiger partial charge in [0.05, 0.1) is 44.2 Å². The zero-order chi connectivity index (χ0) is 30.5. The van der Waals surface area contributed by atoms with Crippen LogP contribution in [-0.4, -0.2) is 67.6 Å². The number of ketones is 2. The SMILES string of the molecule is CO[C@@]1(C)CC(=O)c2c(cc3cc(O)c(-c4c(O)cc5cc6c(c(O)c5c4O)C(=O)C[C@@](C)(OC)C6)c(O)c3c2O)C1. The Kier molecular flexibility index (Phi) is 5.90. The third-order valence-electron chi connectivity index (χ3n) is 8.86. The highest BCUT2D eigenvalue weighted by Gasteiger charge is 2.39. The number of benzene rings is 4. The van der Waals surface area contributed by atoms with Crippen LogP contribution in [0.25, 0.3) is 32.7 Å². The van der Waals surface area contributed by atoms with Gasteiger partial charge in [-0.2, -0.15) is 0 Å². The minimum absolute atomic E-state index is 0.000624. The number of hydrogen-bond donors (Lipinski definition) is 6. The molecule has 42 heavy (non-hydrogen) atoms. The maximum atomic E-state index is 13.0. The van der Waals surface area contributed by atoms with Crippen molar-refractivity contribution < 1.29 is 49.7 Å². The minimum Gasteiger partial charge on any atom is -0.507 e. The first-order valence-electron chi connectivity index (χ1n) is 13.4. The number of aromatic hydroxyl groups is 6. The van der Waals surface area contributed by atoms with Crippen LogP contribution in [0.15, 0.2) is 24.3 Å². The largest absolute Gasteiger partial charge is 0.507 e. The summed E-state index contributed by atoms with van der Waals surface area (Å²) in [6, 6.07) is 5.61. The molecule has 0 heterocycles. The number of carbonyl (C=O) groups is 2. The van der Waals surface area contributed by atoms with Gasteiger partial charge in [-0.3, -0.25) is 9.59 Å². The van der Waals surface area contributed by atoms with Gasteiger partial charge in [-0.05, 0) is 60.0 Å². The van der Waals surface area contributed by atoms with E-state index in [1.165, 1.54) is 26.4 Å². The zero-order valence-corrected chi connectivity index (χ0v) is 23.5. The number of rotatable bonds is 3. The van der Waals surface area contributed by atoms with Crippen LogP contribution in [0.5, 0.6) is 34.5 Å². The van der Waals surface area contributed by atoms with Crippen LogP contribution >= 0.6 is 0 Å². The molecule has 6 N–H and O–H groups in total. The first-order chi connectivity index (χ1) is 19.7. The molecule has 0 amide bonds. The molecule has 10 heteroatoms. The van der Waals surface area contributed by atoms with Gasteiger partial charge in [0.1, 0.15) is 34.5 Å². The first-order valence-corrected chi connectivity index (χ1v) is 13.4. The predicted octanol–water partition coefficient (Wildman–Crippen LogP) is 4.96. The highest BCUT2D eigenvalue weighted by molar-refractivity contribution is 6.14. The van der Waals surface area contributed by atoms with Crippen molar-refractivity contribution in [3.63, 3.8) is 0 Å². The molecule has 6 rings (SSSR count). The van der Waals surface area contributed by atoms with Crippen LogP contribution in [0.4, 0.5) is 0 Å². The number of phenolic OH excluding ortho intramolecular Hbond substituents is 6. The van der Waals surface area contributed by atoms with Gasteiger partial charge in [-0.15, -0.1) is 0 Å². The van der Waals surface area contributed by atoms with Gasteiger partial charge >= 0.3 is 0 Å². The fourth-order valence-electron chi connectivity index (χ4n) is 6.62. The molecule has 2 atom stereocenters. The molecule has 0 radical (unpaired) electrons. The molecule has 2 aliphatic rings. The van der Waals surface area contributed by atoms with E-state index in [1.54, 1.807) is 26.0 Å². The summed E-state index contributed by atoms with van der Waals surface area (Å²) in [6.07, 6.45) is 0.601. The van der Waals surface area contributed by atoms with Crippen LogP contribution in [0, 0.1) is 0 Å². The standard InChI is InChI=1S/C32H30O10/c1-31(41-3)9-15-5-13-7-17(33)25(29(39)23(13)27(37)21(15)19(35)11-31)26-18(34)8-14-6-16-10-32(2,42-4)12-20(36)22(16)28(38)24(14)30(26)40/h5-8,33-34,37-40H,9-12H2,1-4H3/t31-,32+. The lowest BCUT2D eigenvalue weighted by atomic mass is 9.78. The molecule has 0 aromatic heterocycles. The molecule has 0 saturated carbocycles. The van der Waals surface area contributed by atoms with Gasteiger partial charge in [-0.1, -0.05) is 0 Å². The lowest BCUT2D eigenvalue weighted by molar-refractivity contribution is -0.00161. The van der Waals surface area contributed by atoms with Crippen LogP contribution < -0.4 is 0 Å². The number of hydrogen-bond acceptors (Lipinski definition) is 10. The molecule has 2 aliphatic carbocycles. The maximum Gasteiger partial charge on any atom is 0.169 e. The number of fused-ring (bicyclic) bond motifs is 4. The highest BCUT2D eigenvalue weighted by atomic mass is 16.5. The Balaban J connectivity index is 1.61. The van der Waals surface area contributed by atoms with E-state index in [-0.39, 0.29) is 45.5 Å². The molecule has 10 nitrogen and oxygen atoms in total. The molecule has 4 aromatic carbocycles. The van der Waals surface area contributed by atoms with E-state index >= 15 is 0 Å². The average molecular weight is 575 g/mol. The van der Waals surface area contributed by atoms with Crippen LogP contribution in [-0.2, 0) is 22.3 Å². The molecular weight excluding hydrogens is 544 g/mol. The van der Waals surface area contributed by atoms with Crippen molar-refractivity contribution in [2.45, 2.75) is 50.7 Å². The van der Waals surface area contributed by atoms with Crippen molar-refractivity contribution >= 4 is 33.1 Å². The fourth-order valence-corrected chi connectivity index (χ4v) is 6.62. The van der Waals surface area contributed by atoms with Crippen molar-refractivity contribution in [3.05, 3.63) is 46.5 Å². The van der Waals surface area contributed by atoms with Crippen LogP contribution in [0.3, 0.4) is 0 Å². The summed E-state index contributed by atoms with van der Waals surface area (Å²) in [5.41, 5.74) is -1.46. The number of ether oxygens (including phenoxy) is 2. The Morgan fingerprint density at radius 1 is 0.548 bits per heavy atom. The fraction of sp³-hybridized carbons (Fsp3) is 0.312. The summed E-state index contributed by atoms with van der Waals surface area (Å²) < 4.78 is 11.0. The second kappa shape index (κ2) is 8.98. The predicted molar refractivity (Wildman–Crippen MR) is 153 cm³/mol. The lowest BCUT2D eigenvalue weighted by Gasteiger charge is -2.33. The molecule has 0 aliphatic heterocycles. The highest BCUT2D eigenvalue weighted by Crippen LogP contribution is 2.56. The topological polar surface area (TPSA) is 174 Å². The average Bonchev–Trinajstić information content (AvgIpc) is 2.89. The Bertz CT molecular complexity index is 1750. The van der Waals surface area contributed by atoms with E-state index < -0.39 is 68.4 Å². The quantitative estimate of drug-likeness (QED) is 0.196. The minimum atomic E-state index is -0.790. The van der Waals surface area contributed by atoms with Crippen molar-refractivity contribution in [1.29, 1.82) is 0 Å². The lowest BCUT2D eigenvalue weighted by Crippen LogP contribution is -2.37. The van der Waals surface area contributed by atoms with Crippen molar-refractivity contribution in [2.75, 3.05) is 14.2 Å². The Hall–Kier alpha value is -4.54. The zero-order valence-electron chi connectivity index (χ0n) is 23.5. The number of methoxy groups -OCH3 is 2. The van der Waals surface area contributed by atoms with Gasteiger partial charge in [0.25, 0.3) is 0 Å². The summed E-state index contributed by atoms with van der Waals surface area (Å²) in [5.74, 6) is -4.31. The molecule has 0 spiro atoms. The van der Waals surface area contributed by atoms with Gasteiger partial charge in [0.2, 0.25) is 0 Å². The molecule has 0 fully saturated rings. The number of Topliss-reactive ketones (excluding diaryl/α,β-unsaturated/α-hetero) is 2. The number of carbonyl (C=O) groups excluding carboxylic acids is 2. The second-order valence-electron chi connectivity index (χ2n) is 11.8. The van der Waals surface area contributed by atoms with Crippen LogP contribution in [0.2, 0.25) is 0 Å². The van der Waals surface area contributed by atoms with Crippen molar-refractivity contribution in [2.24, 2.45) is 0 Å². The monoisotopic (exact) mass is 574 g/mol. The molecule has 0 unspecified atom stereocenters. The van der Waals surface area contributed by atoms with E-state index in [0.717, 1.165) is 0 Å².